The molecule has 8 heteroatoms. The fourth-order valence-corrected chi connectivity index (χ4v) is 2.49. The summed E-state index contributed by atoms with van der Waals surface area (Å²) in [6, 6.07) is 14.8. The normalized spacial score (nSPS) is 10.3. The third kappa shape index (κ3) is 4.46. The number of nitrogens with one attached hydrogen (secondary N) is 2. The maximum Gasteiger partial charge on any atom is 0.246 e. The van der Waals surface area contributed by atoms with E-state index in [1.807, 2.05) is 42.5 Å². The minimum absolute atomic E-state index is 0.305. The molecular weight excluding hydrogens is 360 g/mol. The van der Waals surface area contributed by atoms with Crippen LogP contribution in [0.3, 0.4) is 0 Å². The van der Waals surface area contributed by atoms with Crippen molar-refractivity contribution in [2.45, 2.75) is 6.54 Å². The number of ether oxygens (including phenoxy) is 1. The van der Waals surface area contributed by atoms with Gasteiger partial charge in [0.1, 0.15) is 5.75 Å². The summed E-state index contributed by atoms with van der Waals surface area (Å²) in [5.74, 6) is 1.63. The Hall–Kier alpha value is -2.64. The molecule has 0 spiro atoms. The zero-order chi connectivity index (χ0) is 17.6. The van der Waals surface area contributed by atoms with Crippen molar-refractivity contribution in [2.75, 3.05) is 12.4 Å². The van der Waals surface area contributed by atoms with E-state index in [-0.39, 0.29) is 0 Å². The summed E-state index contributed by atoms with van der Waals surface area (Å²) < 4.78 is 10.3. The maximum atomic E-state index is 6.13. The van der Waals surface area contributed by atoms with Crippen molar-refractivity contribution >= 4 is 34.6 Å². The molecule has 128 valence electrons. The molecule has 0 aliphatic carbocycles. The molecule has 2 N–H and O–H groups in total. The summed E-state index contributed by atoms with van der Waals surface area (Å²) in [5.41, 5.74) is 1.57. The molecule has 0 bridgehead atoms. The minimum atomic E-state index is 0.305. The largest absolute Gasteiger partial charge is 0.497 e. The van der Waals surface area contributed by atoms with Gasteiger partial charge < -0.3 is 19.9 Å². The predicted octanol–water partition coefficient (Wildman–Crippen LogP) is 3.89. The van der Waals surface area contributed by atoms with Crippen molar-refractivity contribution in [3.63, 3.8) is 0 Å². The lowest BCUT2D eigenvalue weighted by atomic mass is 10.2. The number of benzene rings is 2. The van der Waals surface area contributed by atoms with Crippen molar-refractivity contribution in [1.29, 1.82) is 0 Å². The Morgan fingerprint density at radius 3 is 2.68 bits per heavy atom. The van der Waals surface area contributed by atoms with Crippen LogP contribution in [0.15, 0.2) is 53.1 Å². The SMILES string of the molecule is COc1ccc(NC(=S)NCc2nc(-c3ccccc3Cl)no2)cc1. The first-order valence-corrected chi connectivity index (χ1v) is 8.21. The van der Waals surface area contributed by atoms with Gasteiger partial charge in [0.25, 0.3) is 0 Å². The van der Waals surface area contributed by atoms with Crippen LogP contribution in [0.5, 0.6) is 5.75 Å². The number of nitrogens with zero attached hydrogens (tertiary/aromatic N) is 2. The molecule has 0 unspecified atom stereocenters. The van der Waals surface area contributed by atoms with E-state index in [4.69, 9.17) is 33.1 Å². The van der Waals surface area contributed by atoms with Crippen molar-refractivity contribution in [3.05, 3.63) is 59.4 Å². The molecule has 0 aliphatic heterocycles. The Morgan fingerprint density at radius 2 is 1.96 bits per heavy atom. The summed E-state index contributed by atoms with van der Waals surface area (Å²) in [4.78, 5) is 4.31. The molecule has 3 aromatic rings. The van der Waals surface area contributed by atoms with Crippen LogP contribution in [0, 0.1) is 0 Å². The summed E-state index contributed by atoms with van der Waals surface area (Å²) in [6.45, 7) is 0.305. The predicted molar refractivity (Wildman–Crippen MR) is 101 cm³/mol. The average molecular weight is 375 g/mol. The number of methoxy groups -OCH3 is 1. The standard InChI is InChI=1S/C17H15ClN4O2S/c1-23-12-8-6-11(7-9-12)20-17(25)19-10-15-21-16(22-24-15)13-4-2-3-5-14(13)18/h2-9H,10H2,1H3,(H2,19,20,25). The number of anilines is 1. The van der Waals surface area contributed by atoms with Gasteiger partial charge in [0, 0.05) is 11.3 Å². The average Bonchev–Trinajstić information content (AvgIpc) is 3.10. The topological polar surface area (TPSA) is 72.2 Å². The number of halogens is 1. The molecule has 3 rings (SSSR count). The number of hydrogen-bond donors (Lipinski definition) is 2. The first kappa shape index (κ1) is 17.2. The van der Waals surface area contributed by atoms with Crippen molar-refractivity contribution in [2.24, 2.45) is 0 Å². The van der Waals surface area contributed by atoms with E-state index in [9.17, 15) is 0 Å². The lowest BCUT2D eigenvalue weighted by molar-refractivity contribution is 0.376. The highest BCUT2D eigenvalue weighted by Gasteiger charge is 2.11. The third-order valence-electron chi connectivity index (χ3n) is 3.33. The van der Waals surface area contributed by atoms with E-state index in [0.29, 0.717) is 28.4 Å². The van der Waals surface area contributed by atoms with Gasteiger partial charge in [0.15, 0.2) is 5.11 Å². The van der Waals surface area contributed by atoms with Crippen LogP contribution in [0.1, 0.15) is 5.89 Å². The fourth-order valence-electron chi connectivity index (χ4n) is 2.08. The Labute approximate surface area is 155 Å². The molecule has 0 saturated carbocycles. The van der Waals surface area contributed by atoms with Crippen LogP contribution in [0.25, 0.3) is 11.4 Å². The monoisotopic (exact) mass is 374 g/mol. The van der Waals surface area contributed by atoms with E-state index in [1.165, 1.54) is 0 Å². The van der Waals surface area contributed by atoms with Gasteiger partial charge >= 0.3 is 0 Å². The number of aromatic nitrogens is 2. The van der Waals surface area contributed by atoms with E-state index in [1.54, 1.807) is 13.2 Å². The van der Waals surface area contributed by atoms with Gasteiger partial charge in [-0.25, -0.2) is 0 Å². The Morgan fingerprint density at radius 1 is 1.20 bits per heavy atom. The van der Waals surface area contributed by atoms with Crippen molar-refractivity contribution < 1.29 is 9.26 Å². The maximum absolute atomic E-state index is 6.13. The lowest BCUT2D eigenvalue weighted by Gasteiger charge is -2.09. The molecular formula is C17H15ClN4O2S. The summed E-state index contributed by atoms with van der Waals surface area (Å²) >= 11 is 11.4. The van der Waals surface area contributed by atoms with Crippen LogP contribution in [-0.4, -0.2) is 22.4 Å². The van der Waals surface area contributed by atoms with E-state index in [2.05, 4.69) is 20.8 Å². The van der Waals surface area contributed by atoms with Crippen LogP contribution in [0.2, 0.25) is 5.02 Å². The molecule has 0 atom stereocenters. The van der Waals surface area contributed by atoms with Gasteiger partial charge in [-0.2, -0.15) is 4.98 Å². The molecule has 2 aromatic carbocycles. The highest BCUT2D eigenvalue weighted by Crippen LogP contribution is 2.24. The molecule has 25 heavy (non-hydrogen) atoms. The van der Waals surface area contributed by atoms with Gasteiger partial charge in [-0.05, 0) is 48.6 Å². The zero-order valence-corrected chi connectivity index (χ0v) is 14.9. The molecule has 0 saturated heterocycles. The van der Waals surface area contributed by atoms with Crippen LogP contribution >= 0.6 is 23.8 Å². The van der Waals surface area contributed by atoms with E-state index < -0.39 is 0 Å². The van der Waals surface area contributed by atoms with Crippen molar-refractivity contribution in [3.8, 4) is 17.1 Å². The molecule has 0 aliphatic rings. The first-order chi connectivity index (χ1) is 12.2. The second-order valence-corrected chi connectivity index (χ2v) is 5.84. The number of rotatable bonds is 5. The molecule has 6 nitrogen and oxygen atoms in total. The van der Waals surface area contributed by atoms with Crippen LogP contribution in [0.4, 0.5) is 5.69 Å². The van der Waals surface area contributed by atoms with E-state index in [0.717, 1.165) is 17.0 Å². The Balaban J connectivity index is 1.56. The molecule has 0 radical (unpaired) electrons. The summed E-state index contributed by atoms with van der Waals surface area (Å²) in [5, 5.41) is 11.0. The van der Waals surface area contributed by atoms with Gasteiger partial charge in [-0.15, -0.1) is 0 Å². The quantitative estimate of drug-likeness (QED) is 0.656. The smallest absolute Gasteiger partial charge is 0.246 e. The highest BCUT2D eigenvalue weighted by atomic mass is 35.5. The van der Waals surface area contributed by atoms with E-state index >= 15 is 0 Å². The Kier molecular flexibility index (Phi) is 5.47. The first-order valence-electron chi connectivity index (χ1n) is 7.42. The summed E-state index contributed by atoms with van der Waals surface area (Å²) in [6.07, 6.45) is 0. The number of hydrogen-bond acceptors (Lipinski definition) is 5. The lowest BCUT2D eigenvalue weighted by Crippen LogP contribution is -2.27. The summed E-state index contributed by atoms with van der Waals surface area (Å²) in [7, 11) is 1.62. The van der Waals surface area contributed by atoms with Crippen LogP contribution in [-0.2, 0) is 6.54 Å². The van der Waals surface area contributed by atoms with Gasteiger partial charge in [-0.1, -0.05) is 28.9 Å². The van der Waals surface area contributed by atoms with Crippen molar-refractivity contribution in [1.82, 2.24) is 15.5 Å². The second-order valence-electron chi connectivity index (χ2n) is 5.03. The van der Waals surface area contributed by atoms with Gasteiger partial charge in [0.2, 0.25) is 11.7 Å². The zero-order valence-electron chi connectivity index (χ0n) is 13.3. The molecule has 1 heterocycles. The fraction of sp³-hybridized carbons (Fsp3) is 0.118. The van der Waals surface area contributed by atoms with Gasteiger partial charge in [-0.3, -0.25) is 0 Å². The second kappa shape index (κ2) is 7.96. The molecule has 0 amide bonds. The molecule has 0 fully saturated rings. The minimum Gasteiger partial charge on any atom is -0.497 e. The third-order valence-corrected chi connectivity index (χ3v) is 3.91. The molecule has 1 aromatic heterocycles. The highest BCUT2D eigenvalue weighted by molar-refractivity contribution is 7.80. The Bertz CT molecular complexity index is 867. The van der Waals surface area contributed by atoms with Gasteiger partial charge in [0.05, 0.1) is 18.7 Å². The number of thiocarbonyl (C=S) groups is 1. The van der Waals surface area contributed by atoms with Crippen LogP contribution < -0.4 is 15.4 Å².